The van der Waals surface area contributed by atoms with Gasteiger partial charge in [-0.2, -0.15) is 0 Å². The minimum atomic E-state index is -1.00. The van der Waals surface area contributed by atoms with Gasteiger partial charge in [0, 0.05) is 23.9 Å². The average Bonchev–Trinajstić information content (AvgIpc) is 2.83. The highest BCUT2D eigenvalue weighted by Crippen LogP contribution is 2.29. The first-order valence-corrected chi connectivity index (χ1v) is 6.55. The van der Waals surface area contributed by atoms with Crippen molar-refractivity contribution < 1.29 is 22.7 Å². The van der Waals surface area contributed by atoms with E-state index in [2.05, 4.69) is 9.72 Å². The first kappa shape index (κ1) is 14.5. The Morgan fingerprint density at radius 1 is 1.30 bits per heavy atom. The lowest BCUT2D eigenvalue weighted by Gasteiger charge is -2.01. The number of halogens is 3. The highest BCUT2D eigenvalue weighted by atomic mass is 32.1. The van der Waals surface area contributed by atoms with Gasteiger partial charge in [0.05, 0.1) is 24.8 Å². The van der Waals surface area contributed by atoms with Gasteiger partial charge in [-0.3, -0.25) is 4.79 Å². The van der Waals surface area contributed by atoms with Gasteiger partial charge >= 0.3 is 5.97 Å². The summed E-state index contributed by atoms with van der Waals surface area (Å²) in [7, 11) is 1.28. The molecule has 1 heterocycles. The monoisotopic (exact) mass is 301 g/mol. The van der Waals surface area contributed by atoms with Crippen molar-refractivity contribution in [2.75, 3.05) is 7.11 Å². The molecule has 0 amide bonds. The quantitative estimate of drug-likeness (QED) is 0.813. The van der Waals surface area contributed by atoms with Crippen molar-refractivity contribution >= 4 is 17.3 Å². The fourth-order valence-corrected chi connectivity index (χ4v) is 2.52. The molecule has 0 unspecified atom stereocenters. The van der Waals surface area contributed by atoms with Gasteiger partial charge < -0.3 is 4.74 Å². The summed E-state index contributed by atoms with van der Waals surface area (Å²) in [5.74, 6) is -3.38. The van der Waals surface area contributed by atoms with Crippen molar-refractivity contribution in [2.45, 2.75) is 12.8 Å². The van der Waals surface area contributed by atoms with Gasteiger partial charge in [0.15, 0.2) is 0 Å². The Labute approximate surface area is 117 Å². The van der Waals surface area contributed by atoms with Crippen LogP contribution < -0.4 is 0 Å². The van der Waals surface area contributed by atoms with Crippen LogP contribution in [0.4, 0.5) is 13.2 Å². The molecule has 0 saturated carbocycles. The molecule has 0 spiro atoms. The Kier molecular flexibility index (Phi) is 4.39. The number of esters is 1. The lowest BCUT2D eigenvalue weighted by molar-refractivity contribution is -0.140. The number of ether oxygens (including phenoxy) is 1. The average molecular weight is 301 g/mol. The van der Waals surface area contributed by atoms with Gasteiger partial charge in [-0.05, 0) is 0 Å². The number of carbonyl (C=O) groups excluding carboxylic acids is 1. The van der Waals surface area contributed by atoms with Crippen molar-refractivity contribution in [2.24, 2.45) is 0 Å². The van der Waals surface area contributed by atoms with Crippen molar-refractivity contribution in [3.05, 3.63) is 40.7 Å². The Morgan fingerprint density at radius 3 is 2.55 bits per heavy atom. The van der Waals surface area contributed by atoms with Crippen LogP contribution in [0.15, 0.2) is 17.5 Å². The summed E-state index contributed by atoms with van der Waals surface area (Å²) in [6, 6.07) is 1.21. The SMILES string of the molecule is COC(=O)CCc1csc(-c2c(F)cc(F)cc2F)n1. The van der Waals surface area contributed by atoms with E-state index in [1.165, 1.54) is 7.11 Å². The molecule has 2 aromatic rings. The number of aryl methyl sites for hydroxylation is 1. The summed E-state index contributed by atoms with van der Waals surface area (Å²) < 4.78 is 44.5. The third-order valence-corrected chi connectivity index (χ3v) is 3.49. The Morgan fingerprint density at radius 2 is 1.95 bits per heavy atom. The Hall–Kier alpha value is -1.89. The van der Waals surface area contributed by atoms with E-state index in [9.17, 15) is 18.0 Å². The van der Waals surface area contributed by atoms with Crippen LogP contribution in [0.2, 0.25) is 0 Å². The molecule has 0 bridgehead atoms. The number of hydrogen-bond donors (Lipinski definition) is 0. The molecule has 0 aliphatic rings. The maximum atomic E-state index is 13.6. The molecule has 7 heteroatoms. The second-order valence-electron chi connectivity index (χ2n) is 3.96. The summed E-state index contributed by atoms with van der Waals surface area (Å²) in [5.41, 5.74) is 0.166. The van der Waals surface area contributed by atoms with Crippen LogP contribution in [0, 0.1) is 17.5 Å². The van der Waals surface area contributed by atoms with Gasteiger partial charge in [-0.1, -0.05) is 0 Å². The van der Waals surface area contributed by atoms with Gasteiger partial charge in [0.25, 0.3) is 0 Å². The molecule has 1 aromatic carbocycles. The predicted octanol–water partition coefficient (Wildman–Crippen LogP) is 3.33. The fourth-order valence-electron chi connectivity index (χ4n) is 1.62. The largest absolute Gasteiger partial charge is 0.469 e. The fraction of sp³-hybridized carbons (Fsp3) is 0.231. The summed E-state index contributed by atoms with van der Waals surface area (Å²) in [5, 5.41) is 1.71. The molecule has 2 rings (SSSR count). The highest BCUT2D eigenvalue weighted by molar-refractivity contribution is 7.13. The smallest absolute Gasteiger partial charge is 0.305 e. The van der Waals surface area contributed by atoms with Crippen LogP contribution in [-0.2, 0) is 16.0 Å². The molecule has 0 N–H and O–H groups in total. The van der Waals surface area contributed by atoms with E-state index in [4.69, 9.17) is 0 Å². The van der Waals surface area contributed by atoms with E-state index in [0.717, 1.165) is 11.3 Å². The lowest BCUT2D eigenvalue weighted by atomic mass is 10.2. The molecule has 0 fully saturated rings. The first-order valence-electron chi connectivity index (χ1n) is 5.67. The number of carbonyl (C=O) groups is 1. The van der Waals surface area contributed by atoms with E-state index >= 15 is 0 Å². The number of nitrogens with zero attached hydrogens (tertiary/aromatic N) is 1. The van der Waals surface area contributed by atoms with E-state index in [-0.39, 0.29) is 17.0 Å². The van der Waals surface area contributed by atoms with Crippen LogP contribution in [-0.4, -0.2) is 18.1 Å². The van der Waals surface area contributed by atoms with Gasteiger partial charge in [-0.25, -0.2) is 18.2 Å². The minimum Gasteiger partial charge on any atom is -0.469 e. The normalized spacial score (nSPS) is 10.6. The number of benzene rings is 1. The van der Waals surface area contributed by atoms with E-state index in [1.54, 1.807) is 5.38 Å². The topological polar surface area (TPSA) is 39.2 Å². The second-order valence-corrected chi connectivity index (χ2v) is 4.82. The first-order chi connectivity index (χ1) is 9.51. The Balaban J connectivity index is 2.23. The molecule has 1 aromatic heterocycles. The van der Waals surface area contributed by atoms with Crippen molar-refractivity contribution in [3.8, 4) is 10.6 Å². The zero-order chi connectivity index (χ0) is 14.7. The summed E-state index contributed by atoms with van der Waals surface area (Å²) in [6.45, 7) is 0. The number of rotatable bonds is 4. The zero-order valence-corrected chi connectivity index (χ0v) is 11.3. The summed E-state index contributed by atoms with van der Waals surface area (Å²) in [6.07, 6.45) is 0.446. The van der Waals surface area contributed by atoms with E-state index in [1.807, 2.05) is 0 Å². The number of aromatic nitrogens is 1. The predicted molar refractivity (Wildman–Crippen MR) is 67.8 cm³/mol. The molecular weight excluding hydrogens is 291 g/mol. The van der Waals surface area contributed by atoms with Crippen molar-refractivity contribution in [1.82, 2.24) is 4.98 Å². The molecule has 20 heavy (non-hydrogen) atoms. The maximum Gasteiger partial charge on any atom is 0.305 e. The molecule has 0 atom stereocenters. The summed E-state index contributed by atoms with van der Waals surface area (Å²) in [4.78, 5) is 15.0. The number of methoxy groups -OCH3 is 1. The van der Waals surface area contributed by atoms with Gasteiger partial charge in [0.1, 0.15) is 22.5 Å². The maximum absolute atomic E-state index is 13.6. The van der Waals surface area contributed by atoms with Gasteiger partial charge in [0.2, 0.25) is 0 Å². The van der Waals surface area contributed by atoms with Crippen LogP contribution >= 0.6 is 11.3 Å². The molecule has 0 radical (unpaired) electrons. The lowest BCUT2D eigenvalue weighted by Crippen LogP contribution is -2.02. The number of hydrogen-bond acceptors (Lipinski definition) is 4. The standard InChI is InChI=1S/C13H10F3NO2S/c1-19-11(18)3-2-8-6-20-13(17-8)12-9(15)4-7(14)5-10(12)16/h4-6H,2-3H2,1H3. The molecule has 106 valence electrons. The molecule has 0 saturated heterocycles. The van der Waals surface area contributed by atoms with E-state index in [0.29, 0.717) is 24.2 Å². The molecule has 0 aliphatic heterocycles. The van der Waals surface area contributed by atoms with Gasteiger partial charge in [-0.15, -0.1) is 11.3 Å². The molecule has 0 aliphatic carbocycles. The van der Waals surface area contributed by atoms with Crippen molar-refractivity contribution in [3.63, 3.8) is 0 Å². The minimum absolute atomic E-state index is 0.111. The Bertz CT molecular complexity index is 619. The number of thiazole rings is 1. The van der Waals surface area contributed by atoms with Crippen LogP contribution in [0.1, 0.15) is 12.1 Å². The van der Waals surface area contributed by atoms with Crippen LogP contribution in [0.25, 0.3) is 10.6 Å². The highest BCUT2D eigenvalue weighted by Gasteiger charge is 2.17. The van der Waals surface area contributed by atoms with Crippen LogP contribution in [0.5, 0.6) is 0 Å². The molecule has 3 nitrogen and oxygen atoms in total. The summed E-state index contributed by atoms with van der Waals surface area (Å²) >= 11 is 1.03. The zero-order valence-electron chi connectivity index (χ0n) is 10.5. The van der Waals surface area contributed by atoms with E-state index < -0.39 is 23.4 Å². The third-order valence-electron chi connectivity index (χ3n) is 2.59. The second kappa shape index (κ2) is 6.04. The molecular formula is C13H10F3NO2S. The van der Waals surface area contributed by atoms with Crippen LogP contribution in [0.3, 0.4) is 0 Å². The third kappa shape index (κ3) is 3.16. The van der Waals surface area contributed by atoms with Crippen molar-refractivity contribution in [1.29, 1.82) is 0 Å².